The number of thioether (sulfide) groups is 1. The van der Waals surface area contributed by atoms with E-state index >= 15 is 0 Å². The number of aromatic nitrogens is 2. The molecule has 5 heteroatoms. The summed E-state index contributed by atoms with van der Waals surface area (Å²) in [6.07, 6.45) is 17.3. The number of terminal acetylenes is 1. The van der Waals surface area contributed by atoms with Gasteiger partial charge in [-0.05, 0) is 43.1 Å². The molecule has 0 bridgehead atoms. The van der Waals surface area contributed by atoms with Crippen LogP contribution >= 0.6 is 23.1 Å². The van der Waals surface area contributed by atoms with Crippen molar-refractivity contribution in [2.75, 3.05) is 5.75 Å². The highest BCUT2D eigenvalue weighted by atomic mass is 32.2. The van der Waals surface area contributed by atoms with Crippen molar-refractivity contribution in [3.8, 4) is 12.3 Å². The Bertz CT molecular complexity index is 942. The van der Waals surface area contributed by atoms with Crippen LogP contribution in [0.1, 0.15) is 49.0 Å². The van der Waals surface area contributed by atoms with E-state index in [0.717, 1.165) is 23.1 Å². The third-order valence-electron chi connectivity index (χ3n) is 5.90. The lowest BCUT2D eigenvalue weighted by Crippen LogP contribution is -2.31. The fourth-order valence-corrected chi connectivity index (χ4v) is 6.55. The molecule has 0 atom stereocenters. The van der Waals surface area contributed by atoms with Crippen LogP contribution in [0.5, 0.6) is 0 Å². The first-order valence-electron chi connectivity index (χ1n) is 9.40. The van der Waals surface area contributed by atoms with E-state index in [1.165, 1.54) is 60.7 Å². The largest absolute Gasteiger partial charge is 0.283 e. The number of aryl methyl sites for hydroxylation is 1. The second-order valence-corrected chi connectivity index (χ2v) is 9.54. The molecule has 2 aromatic heterocycles. The fraction of sp³-hybridized carbons (Fsp3) is 0.524. The van der Waals surface area contributed by atoms with Crippen LogP contribution in [0.25, 0.3) is 10.2 Å². The molecule has 1 saturated carbocycles. The van der Waals surface area contributed by atoms with E-state index in [0.29, 0.717) is 22.9 Å². The van der Waals surface area contributed by atoms with Gasteiger partial charge in [0.2, 0.25) is 0 Å². The van der Waals surface area contributed by atoms with Crippen LogP contribution < -0.4 is 5.56 Å². The molecule has 136 valence electrons. The number of rotatable bonds is 4. The van der Waals surface area contributed by atoms with Crippen LogP contribution in [-0.2, 0) is 19.4 Å². The van der Waals surface area contributed by atoms with E-state index in [2.05, 4.69) is 12.5 Å². The van der Waals surface area contributed by atoms with E-state index in [1.807, 2.05) is 0 Å². The molecule has 2 aliphatic carbocycles. The number of allylic oxidation sites excluding steroid dienone is 1. The third kappa shape index (κ3) is 3.04. The maximum Gasteiger partial charge on any atom is 0.263 e. The molecule has 2 aliphatic rings. The lowest BCUT2D eigenvalue weighted by atomic mass is 9.65. The topological polar surface area (TPSA) is 34.9 Å². The summed E-state index contributed by atoms with van der Waals surface area (Å²) >= 11 is 3.18. The first-order chi connectivity index (χ1) is 12.7. The molecule has 0 amide bonds. The summed E-state index contributed by atoms with van der Waals surface area (Å²) in [5.74, 6) is 3.14. The van der Waals surface area contributed by atoms with Gasteiger partial charge in [-0.15, -0.1) is 24.3 Å². The lowest BCUT2D eigenvalue weighted by Gasteiger charge is -2.40. The van der Waals surface area contributed by atoms with Crippen molar-refractivity contribution in [2.45, 2.75) is 63.1 Å². The molecule has 1 spiro atoms. The highest BCUT2D eigenvalue weighted by Crippen LogP contribution is 2.49. The second-order valence-electron chi connectivity index (χ2n) is 7.51. The van der Waals surface area contributed by atoms with Gasteiger partial charge in [0, 0.05) is 11.4 Å². The average molecular weight is 385 g/mol. The standard InChI is InChI=1S/C21H24N2OS2/c1-3-12-23-19(24)17-15-14-21(9-6-5-7-10-21)11-8-16(15)26-18(17)22-20(23)25-13-4-2/h2-3H,1,5-14H2. The molecule has 0 aliphatic heterocycles. The van der Waals surface area contributed by atoms with Gasteiger partial charge in [0.25, 0.3) is 5.56 Å². The molecule has 0 radical (unpaired) electrons. The molecule has 3 nitrogen and oxygen atoms in total. The van der Waals surface area contributed by atoms with Gasteiger partial charge in [0.15, 0.2) is 5.16 Å². The fourth-order valence-electron chi connectivity index (χ4n) is 4.63. The number of hydrogen-bond acceptors (Lipinski definition) is 4. The van der Waals surface area contributed by atoms with Crippen LogP contribution in [0.15, 0.2) is 22.6 Å². The van der Waals surface area contributed by atoms with E-state index in [4.69, 9.17) is 11.4 Å². The monoisotopic (exact) mass is 384 g/mol. The van der Waals surface area contributed by atoms with Gasteiger partial charge in [-0.3, -0.25) is 9.36 Å². The summed E-state index contributed by atoms with van der Waals surface area (Å²) < 4.78 is 1.74. The minimum Gasteiger partial charge on any atom is -0.283 e. The van der Waals surface area contributed by atoms with E-state index in [-0.39, 0.29) is 5.56 Å². The number of thiophene rings is 1. The predicted molar refractivity (Wildman–Crippen MR) is 111 cm³/mol. The van der Waals surface area contributed by atoms with Crippen molar-refractivity contribution in [1.82, 2.24) is 9.55 Å². The Labute approximate surface area is 162 Å². The van der Waals surface area contributed by atoms with Crippen LogP contribution in [0, 0.1) is 17.8 Å². The zero-order chi connectivity index (χ0) is 18.1. The predicted octanol–water partition coefficient (Wildman–Crippen LogP) is 4.81. The Hall–Kier alpha value is -1.51. The Balaban J connectivity index is 1.84. The molecule has 1 fully saturated rings. The molecule has 0 N–H and O–H groups in total. The highest BCUT2D eigenvalue weighted by molar-refractivity contribution is 7.99. The lowest BCUT2D eigenvalue weighted by molar-refractivity contribution is 0.164. The zero-order valence-corrected chi connectivity index (χ0v) is 16.7. The third-order valence-corrected chi connectivity index (χ3v) is 7.97. The summed E-state index contributed by atoms with van der Waals surface area (Å²) in [6, 6.07) is 0. The highest BCUT2D eigenvalue weighted by Gasteiger charge is 2.38. The molecule has 2 aromatic rings. The van der Waals surface area contributed by atoms with Gasteiger partial charge in [-0.25, -0.2) is 4.98 Å². The van der Waals surface area contributed by atoms with Crippen molar-refractivity contribution < 1.29 is 0 Å². The summed E-state index contributed by atoms with van der Waals surface area (Å²) in [5.41, 5.74) is 1.80. The van der Waals surface area contributed by atoms with E-state index < -0.39 is 0 Å². The van der Waals surface area contributed by atoms with E-state index in [1.54, 1.807) is 22.0 Å². The molecule has 26 heavy (non-hydrogen) atoms. The number of fused-ring (bicyclic) bond motifs is 3. The molecular weight excluding hydrogens is 360 g/mol. The number of nitrogens with zero attached hydrogens (tertiary/aromatic N) is 2. The Morgan fingerprint density at radius 2 is 2.15 bits per heavy atom. The van der Waals surface area contributed by atoms with Crippen molar-refractivity contribution >= 4 is 33.3 Å². The molecule has 0 saturated heterocycles. The first-order valence-corrected chi connectivity index (χ1v) is 11.2. The van der Waals surface area contributed by atoms with Gasteiger partial charge in [-0.2, -0.15) is 0 Å². The smallest absolute Gasteiger partial charge is 0.263 e. The summed E-state index contributed by atoms with van der Waals surface area (Å²) in [5, 5.41) is 1.58. The zero-order valence-electron chi connectivity index (χ0n) is 15.1. The number of hydrogen-bond donors (Lipinski definition) is 0. The molecule has 4 rings (SSSR count). The average Bonchev–Trinajstić information content (AvgIpc) is 3.00. The minimum absolute atomic E-state index is 0.0831. The molecule has 0 aromatic carbocycles. The van der Waals surface area contributed by atoms with Gasteiger partial charge in [-0.1, -0.05) is 43.0 Å². The van der Waals surface area contributed by atoms with Gasteiger partial charge in [0.05, 0.1) is 11.1 Å². The van der Waals surface area contributed by atoms with Crippen LogP contribution in [-0.4, -0.2) is 15.3 Å². The van der Waals surface area contributed by atoms with Crippen molar-refractivity contribution in [3.63, 3.8) is 0 Å². The van der Waals surface area contributed by atoms with Gasteiger partial charge >= 0.3 is 0 Å². The summed E-state index contributed by atoms with van der Waals surface area (Å²) in [7, 11) is 0. The quantitative estimate of drug-likeness (QED) is 0.328. The first kappa shape index (κ1) is 17.9. The van der Waals surface area contributed by atoms with Gasteiger partial charge < -0.3 is 0 Å². The second kappa shape index (κ2) is 7.25. The van der Waals surface area contributed by atoms with Crippen molar-refractivity contribution in [2.24, 2.45) is 5.41 Å². The van der Waals surface area contributed by atoms with Crippen LogP contribution in [0.4, 0.5) is 0 Å². The SMILES string of the molecule is C#CCSc1nc2sc3c(c2c(=O)n1CC=C)CC1(CCCCC1)CC3. The maximum absolute atomic E-state index is 13.3. The Morgan fingerprint density at radius 3 is 2.88 bits per heavy atom. The van der Waals surface area contributed by atoms with E-state index in [9.17, 15) is 4.79 Å². The Kier molecular flexibility index (Phi) is 4.98. The maximum atomic E-state index is 13.3. The molecule has 0 unspecified atom stereocenters. The molecule has 2 heterocycles. The summed E-state index contributed by atoms with van der Waals surface area (Å²) in [4.78, 5) is 20.4. The van der Waals surface area contributed by atoms with Crippen molar-refractivity contribution in [1.29, 1.82) is 0 Å². The molecular formula is C21H24N2OS2. The van der Waals surface area contributed by atoms with Crippen LogP contribution in [0.3, 0.4) is 0 Å². The summed E-state index contributed by atoms with van der Waals surface area (Å²) in [6.45, 7) is 4.28. The van der Waals surface area contributed by atoms with Crippen molar-refractivity contribution in [3.05, 3.63) is 33.4 Å². The van der Waals surface area contributed by atoms with Gasteiger partial charge in [0.1, 0.15) is 4.83 Å². The van der Waals surface area contributed by atoms with Crippen LogP contribution in [0.2, 0.25) is 0 Å². The normalized spacial score (nSPS) is 18.6. The minimum atomic E-state index is 0.0831. The Morgan fingerprint density at radius 1 is 1.35 bits per heavy atom.